The maximum atomic E-state index is 11.0. The molecule has 1 aromatic rings. The summed E-state index contributed by atoms with van der Waals surface area (Å²) < 4.78 is 6.66. The molecule has 0 aliphatic carbocycles. The highest BCUT2D eigenvalue weighted by Gasteiger charge is 2.43. The zero-order valence-corrected chi connectivity index (χ0v) is 9.50. The van der Waals surface area contributed by atoms with Crippen LogP contribution in [-0.4, -0.2) is 49.8 Å². The van der Waals surface area contributed by atoms with Gasteiger partial charge in [-0.3, -0.25) is 14.3 Å². The van der Waals surface area contributed by atoms with E-state index in [1.807, 2.05) is 0 Å². The molecule has 4 unspecified atom stereocenters. The molecule has 1 aliphatic rings. The molecular formula is C9H12N2O5S. The van der Waals surface area contributed by atoms with Crippen molar-refractivity contribution in [2.75, 3.05) is 6.61 Å². The second-order valence-corrected chi connectivity index (χ2v) is 4.13. The number of nitrogens with zero attached hydrogens (tertiary/aromatic N) is 1. The number of hydrogen-bond donors (Lipinski definition) is 4. The Kier molecular flexibility index (Phi) is 3.40. The lowest BCUT2D eigenvalue weighted by atomic mass is 10.1. The molecule has 1 aliphatic heterocycles. The number of nitrogens with one attached hydrogen (secondary N) is 1. The standard InChI is InChI=1S/C9H12N2O5S/c12-3-4-6(14)7(15)8(16-4)11-2-1-5(13)10-9(11)17/h1-2,4,6-8,12,14-15H,3H2,(H,10,13,17). The number of aliphatic hydroxyl groups is 3. The summed E-state index contributed by atoms with van der Waals surface area (Å²) in [4.78, 5) is 13.4. The second kappa shape index (κ2) is 4.67. The SMILES string of the molecule is O=c1ccn(C2OC(CO)C(O)C2O)c(=S)[nH]1. The first-order valence-corrected chi connectivity index (χ1v) is 5.39. The predicted molar refractivity (Wildman–Crippen MR) is 58.9 cm³/mol. The number of hydrogen-bond acceptors (Lipinski definition) is 6. The Hall–Kier alpha value is -1.06. The zero-order chi connectivity index (χ0) is 12.6. The molecule has 0 bridgehead atoms. The van der Waals surface area contributed by atoms with E-state index in [-0.39, 0.29) is 10.3 Å². The van der Waals surface area contributed by atoms with Gasteiger partial charge >= 0.3 is 0 Å². The van der Waals surface area contributed by atoms with Crippen molar-refractivity contribution < 1.29 is 20.1 Å². The van der Waals surface area contributed by atoms with Crippen LogP contribution in [0.3, 0.4) is 0 Å². The highest BCUT2D eigenvalue weighted by atomic mass is 32.1. The van der Waals surface area contributed by atoms with Crippen molar-refractivity contribution in [2.24, 2.45) is 0 Å². The predicted octanol–water partition coefficient (Wildman–Crippen LogP) is -1.48. The van der Waals surface area contributed by atoms with E-state index < -0.39 is 31.1 Å². The Balaban J connectivity index is 2.35. The van der Waals surface area contributed by atoms with Gasteiger partial charge in [0.15, 0.2) is 11.0 Å². The Bertz CT molecular complexity index is 513. The van der Waals surface area contributed by atoms with Crippen LogP contribution in [-0.2, 0) is 4.74 Å². The number of ether oxygens (including phenoxy) is 1. The summed E-state index contributed by atoms with van der Waals surface area (Å²) in [5.74, 6) is 0. The molecule has 0 aromatic carbocycles. The normalized spacial score (nSPS) is 32.9. The quantitative estimate of drug-likeness (QED) is 0.483. The van der Waals surface area contributed by atoms with Gasteiger partial charge in [-0.05, 0) is 12.2 Å². The highest BCUT2D eigenvalue weighted by Crippen LogP contribution is 2.28. The zero-order valence-electron chi connectivity index (χ0n) is 8.68. The first-order valence-electron chi connectivity index (χ1n) is 4.98. The lowest BCUT2D eigenvalue weighted by Gasteiger charge is -2.17. The van der Waals surface area contributed by atoms with E-state index in [1.165, 1.54) is 16.8 Å². The fraction of sp³-hybridized carbons (Fsp3) is 0.556. The van der Waals surface area contributed by atoms with Crippen LogP contribution in [0.2, 0.25) is 0 Å². The van der Waals surface area contributed by atoms with Gasteiger partial charge in [0.2, 0.25) is 0 Å². The van der Waals surface area contributed by atoms with Crippen LogP contribution in [0, 0.1) is 4.77 Å². The largest absolute Gasteiger partial charge is 0.394 e. The van der Waals surface area contributed by atoms with E-state index in [0.29, 0.717) is 0 Å². The van der Waals surface area contributed by atoms with Gasteiger partial charge in [0.05, 0.1) is 6.61 Å². The van der Waals surface area contributed by atoms with Crippen LogP contribution < -0.4 is 5.56 Å². The summed E-state index contributed by atoms with van der Waals surface area (Å²) in [5.41, 5.74) is -0.363. The molecule has 1 saturated heterocycles. The lowest BCUT2D eigenvalue weighted by Crippen LogP contribution is -2.33. The molecule has 0 amide bonds. The molecule has 1 aromatic heterocycles. The van der Waals surface area contributed by atoms with E-state index in [1.54, 1.807) is 0 Å². The molecule has 7 nitrogen and oxygen atoms in total. The van der Waals surface area contributed by atoms with Crippen LogP contribution in [0.5, 0.6) is 0 Å². The Morgan fingerprint density at radius 1 is 1.47 bits per heavy atom. The van der Waals surface area contributed by atoms with E-state index in [4.69, 9.17) is 22.1 Å². The molecule has 0 radical (unpaired) electrons. The van der Waals surface area contributed by atoms with E-state index in [0.717, 1.165) is 0 Å². The molecule has 94 valence electrons. The summed E-state index contributed by atoms with van der Waals surface area (Å²) >= 11 is 4.91. The van der Waals surface area contributed by atoms with Gasteiger partial charge in [-0.2, -0.15) is 0 Å². The highest BCUT2D eigenvalue weighted by molar-refractivity contribution is 7.71. The first kappa shape index (κ1) is 12.4. The summed E-state index contributed by atoms with van der Waals surface area (Å²) in [7, 11) is 0. The van der Waals surface area contributed by atoms with Gasteiger partial charge in [0.25, 0.3) is 5.56 Å². The molecule has 17 heavy (non-hydrogen) atoms. The Morgan fingerprint density at radius 3 is 2.71 bits per heavy atom. The summed E-state index contributed by atoms with van der Waals surface area (Å²) in [6, 6.07) is 1.23. The minimum atomic E-state index is -1.22. The fourth-order valence-electron chi connectivity index (χ4n) is 1.74. The van der Waals surface area contributed by atoms with Crippen molar-refractivity contribution in [2.45, 2.75) is 24.5 Å². The van der Waals surface area contributed by atoms with E-state index in [9.17, 15) is 15.0 Å². The average Bonchev–Trinajstić information content (AvgIpc) is 2.57. The lowest BCUT2D eigenvalue weighted by molar-refractivity contribution is -0.0541. The third kappa shape index (κ3) is 2.17. The van der Waals surface area contributed by atoms with Crippen LogP contribution in [0.25, 0.3) is 0 Å². The number of aromatic amines is 1. The smallest absolute Gasteiger partial charge is 0.251 e. The number of aromatic nitrogens is 2. The third-order valence-corrected chi connectivity index (χ3v) is 2.96. The minimum absolute atomic E-state index is 0.0762. The van der Waals surface area contributed by atoms with Crippen LogP contribution in [0.1, 0.15) is 6.23 Å². The second-order valence-electron chi connectivity index (χ2n) is 3.75. The van der Waals surface area contributed by atoms with Gasteiger partial charge in [-0.15, -0.1) is 0 Å². The molecule has 4 atom stereocenters. The third-order valence-electron chi connectivity index (χ3n) is 2.64. The fourth-order valence-corrected chi connectivity index (χ4v) is 2.00. The topological polar surface area (TPSA) is 108 Å². The van der Waals surface area contributed by atoms with Crippen molar-refractivity contribution in [3.05, 3.63) is 27.4 Å². The van der Waals surface area contributed by atoms with Crippen molar-refractivity contribution in [1.29, 1.82) is 0 Å². The van der Waals surface area contributed by atoms with E-state index in [2.05, 4.69) is 4.98 Å². The maximum absolute atomic E-state index is 11.0. The summed E-state index contributed by atoms with van der Waals surface area (Å²) in [6.07, 6.45) is -2.85. The van der Waals surface area contributed by atoms with Crippen molar-refractivity contribution in [3.8, 4) is 0 Å². The minimum Gasteiger partial charge on any atom is -0.394 e. The van der Waals surface area contributed by atoms with Gasteiger partial charge < -0.3 is 20.1 Å². The van der Waals surface area contributed by atoms with Gasteiger partial charge in [0.1, 0.15) is 18.3 Å². The molecule has 0 saturated carbocycles. The number of aliphatic hydroxyl groups excluding tert-OH is 3. The number of H-pyrrole nitrogens is 1. The molecular weight excluding hydrogens is 248 g/mol. The maximum Gasteiger partial charge on any atom is 0.251 e. The van der Waals surface area contributed by atoms with Gasteiger partial charge in [-0.1, -0.05) is 0 Å². The molecule has 4 N–H and O–H groups in total. The van der Waals surface area contributed by atoms with Crippen LogP contribution >= 0.6 is 12.2 Å². The van der Waals surface area contributed by atoms with Crippen LogP contribution in [0.4, 0.5) is 0 Å². The van der Waals surface area contributed by atoms with Crippen molar-refractivity contribution >= 4 is 12.2 Å². The van der Waals surface area contributed by atoms with Gasteiger partial charge in [0, 0.05) is 12.3 Å². The van der Waals surface area contributed by atoms with Gasteiger partial charge in [-0.25, -0.2) is 0 Å². The first-order chi connectivity index (χ1) is 8.04. The van der Waals surface area contributed by atoms with Crippen LogP contribution in [0.15, 0.2) is 17.1 Å². The van der Waals surface area contributed by atoms with Crippen molar-refractivity contribution in [3.63, 3.8) is 0 Å². The molecule has 2 heterocycles. The van der Waals surface area contributed by atoms with Crippen molar-refractivity contribution in [1.82, 2.24) is 9.55 Å². The monoisotopic (exact) mass is 260 g/mol. The number of rotatable bonds is 2. The summed E-state index contributed by atoms with van der Waals surface area (Å²) in [6.45, 7) is -0.411. The molecule has 8 heteroatoms. The molecule has 1 fully saturated rings. The Labute approximate surface area is 101 Å². The average molecular weight is 260 g/mol. The molecule has 2 rings (SSSR count). The molecule has 0 spiro atoms. The summed E-state index contributed by atoms with van der Waals surface area (Å²) in [5, 5.41) is 28.3. The Morgan fingerprint density at radius 2 is 2.18 bits per heavy atom. The van der Waals surface area contributed by atoms with E-state index >= 15 is 0 Å².